The van der Waals surface area contributed by atoms with Crippen LogP contribution in [-0.2, 0) is 16.1 Å². The molecular formula is C29H33NO3. The average Bonchev–Trinajstić information content (AvgIpc) is 3.15. The summed E-state index contributed by atoms with van der Waals surface area (Å²) in [4.78, 5) is 12.8. The van der Waals surface area contributed by atoms with E-state index in [1.807, 2.05) is 37.3 Å². The van der Waals surface area contributed by atoms with Gasteiger partial charge in [0.05, 0.1) is 12.5 Å². The number of rotatable bonds is 7. The van der Waals surface area contributed by atoms with Crippen LogP contribution in [0.5, 0.6) is 5.75 Å². The number of esters is 1. The monoisotopic (exact) mass is 443 g/mol. The zero-order chi connectivity index (χ0) is 22.8. The molecule has 0 radical (unpaired) electrons. The summed E-state index contributed by atoms with van der Waals surface area (Å²) in [7, 11) is 0. The minimum Gasteiger partial charge on any atom is -0.493 e. The first-order valence-electron chi connectivity index (χ1n) is 12.2. The van der Waals surface area contributed by atoms with Crippen LogP contribution in [0.2, 0.25) is 0 Å². The van der Waals surface area contributed by atoms with Crippen molar-refractivity contribution in [2.24, 2.45) is 11.8 Å². The summed E-state index contributed by atoms with van der Waals surface area (Å²) in [5.41, 5.74) is 6.53. The number of carbonyl (C=O) groups excluding carboxylic acids is 1. The first-order valence-corrected chi connectivity index (χ1v) is 12.2. The molecule has 4 nitrogen and oxygen atoms in total. The molecule has 3 atom stereocenters. The maximum absolute atomic E-state index is 12.8. The lowest BCUT2D eigenvalue weighted by atomic mass is 9.73. The average molecular weight is 444 g/mol. The Morgan fingerprint density at radius 2 is 1.94 bits per heavy atom. The van der Waals surface area contributed by atoms with Gasteiger partial charge >= 0.3 is 5.97 Å². The molecule has 172 valence electrons. The Balaban J connectivity index is 1.27. The normalized spacial score (nSPS) is 21.1. The van der Waals surface area contributed by atoms with Crippen LogP contribution in [0.1, 0.15) is 68.1 Å². The molecule has 2 bridgehead atoms. The quantitative estimate of drug-likeness (QED) is 0.517. The number of benzene rings is 2. The van der Waals surface area contributed by atoms with Crippen LogP contribution in [0.3, 0.4) is 0 Å². The zero-order valence-corrected chi connectivity index (χ0v) is 19.6. The molecule has 1 fully saturated rings. The third-order valence-electron chi connectivity index (χ3n) is 7.65. The summed E-state index contributed by atoms with van der Waals surface area (Å²) < 4.78 is 11.6. The topological polar surface area (TPSA) is 47.6 Å². The van der Waals surface area contributed by atoms with Gasteiger partial charge in [-0.15, -0.1) is 0 Å². The van der Waals surface area contributed by atoms with E-state index < -0.39 is 0 Å². The van der Waals surface area contributed by atoms with Gasteiger partial charge in [-0.2, -0.15) is 0 Å². The van der Waals surface area contributed by atoms with E-state index in [9.17, 15) is 4.79 Å². The Labute approximate surface area is 196 Å². The molecule has 1 N–H and O–H groups in total. The highest BCUT2D eigenvalue weighted by Gasteiger charge is 2.32. The highest BCUT2D eigenvalue weighted by atomic mass is 16.5. The number of allylic oxidation sites excluding steroid dienone is 2. The summed E-state index contributed by atoms with van der Waals surface area (Å²) in [5.74, 6) is 1.84. The van der Waals surface area contributed by atoms with E-state index >= 15 is 0 Å². The van der Waals surface area contributed by atoms with E-state index in [1.165, 1.54) is 35.1 Å². The number of fused-ring (bicyclic) bond motifs is 3. The molecule has 0 saturated heterocycles. The Hall–Kier alpha value is -3.01. The molecular weight excluding hydrogens is 410 g/mol. The fourth-order valence-corrected chi connectivity index (χ4v) is 5.18. The molecule has 33 heavy (non-hydrogen) atoms. The summed E-state index contributed by atoms with van der Waals surface area (Å²) in [6.07, 6.45) is 8.89. The number of nitrogens with one attached hydrogen (secondary N) is 1. The Morgan fingerprint density at radius 3 is 2.76 bits per heavy atom. The summed E-state index contributed by atoms with van der Waals surface area (Å²) in [6.45, 7) is 5.17. The second-order valence-electron chi connectivity index (χ2n) is 9.80. The van der Waals surface area contributed by atoms with E-state index in [0.29, 0.717) is 18.4 Å². The Morgan fingerprint density at radius 1 is 1.12 bits per heavy atom. The van der Waals surface area contributed by atoms with Gasteiger partial charge in [0.1, 0.15) is 12.4 Å². The van der Waals surface area contributed by atoms with E-state index in [-0.39, 0.29) is 17.8 Å². The number of ether oxygens (including phenoxy) is 2. The highest BCUT2D eigenvalue weighted by molar-refractivity contribution is 5.73. The highest BCUT2D eigenvalue weighted by Crippen LogP contribution is 2.46. The van der Waals surface area contributed by atoms with Crippen LogP contribution in [0.15, 0.2) is 72.1 Å². The van der Waals surface area contributed by atoms with Gasteiger partial charge in [-0.25, -0.2) is 0 Å². The van der Waals surface area contributed by atoms with Gasteiger partial charge in [-0.3, -0.25) is 4.79 Å². The fraction of sp³-hybridized carbons (Fsp3) is 0.414. The standard InChI is InChI=1S/C29H33NO3/c1-19(20(2)29(31)33-18-21-6-4-3-5-7-21)23-8-9-28-27(15-23)24(10-11-32-28)14-26-17-30-16-22-12-25(26)13-22/h3-9,15-17,19-20,24-25,30H,10-14,18H2,1-2H3/t19-,20+,24?/m1/s1. The van der Waals surface area contributed by atoms with Gasteiger partial charge in [-0.1, -0.05) is 61.9 Å². The number of carbonyl (C=O) groups is 1. The molecule has 2 aromatic carbocycles. The number of hydrogen-bond donors (Lipinski definition) is 1. The lowest BCUT2D eigenvalue weighted by Crippen LogP contribution is -2.22. The maximum atomic E-state index is 12.8. The van der Waals surface area contributed by atoms with Crippen molar-refractivity contribution in [3.63, 3.8) is 0 Å². The smallest absolute Gasteiger partial charge is 0.309 e. The molecule has 1 aliphatic carbocycles. The van der Waals surface area contributed by atoms with Crippen LogP contribution in [0.4, 0.5) is 0 Å². The molecule has 3 heterocycles. The second-order valence-corrected chi connectivity index (χ2v) is 9.80. The van der Waals surface area contributed by atoms with Gasteiger partial charge in [-0.05, 0) is 84.2 Å². The molecule has 4 heteroatoms. The van der Waals surface area contributed by atoms with Crippen molar-refractivity contribution >= 4 is 5.97 Å². The summed E-state index contributed by atoms with van der Waals surface area (Å²) in [6, 6.07) is 16.3. The van der Waals surface area contributed by atoms with E-state index in [2.05, 4.69) is 42.8 Å². The minimum atomic E-state index is -0.219. The summed E-state index contributed by atoms with van der Waals surface area (Å²) in [5, 5.41) is 3.38. The molecule has 1 saturated carbocycles. The molecule has 0 spiro atoms. The van der Waals surface area contributed by atoms with Crippen molar-refractivity contribution in [1.29, 1.82) is 0 Å². The van der Waals surface area contributed by atoms with Gasteiger partial charge in [0.15, 0.2) is 0 Å². The van der Waals surface area contributed by atoms with Crippen LogP contribution < -0.4 is 10.1 Å². The third kappa shape index (κ3) is 4.71. The third-order valence-corrected chi connectivity index (χ3v) is 7.65. The van der Waals surface area contributed by atoms with E-state index in [4.69, 9.17) is 9.47 Å². The zero-order valence-electron chi connectivity index (χ0n) is 19.6. The number of hydrogen-bond acceptors (Lipinski definition) is 4. The van der Waals surface area contributed by atoms with Gasteiger partial charge in [0.2, 0.25) is 0 Å². The van der Waals surface area contributed by atoms with Crippen molar-refractivity contribution in [2.75, 3.05) is 6.61 Å². The minimum absolute atomic E-state index is 0.0679. The fourth-order valence-electron chi connectivity index (χ4n) is 5.18. The van der Waals surface area contributed by atoms with Gasteiger partial charge < -0.3 is 14.8 Å². The molecule has 1 unspecified atom stereocenters. The Bertz CT molecular complexity index is 1060. The first-order chi connectivity index (χ1) is 16.1. The SMILES string of the molecule is C[C@H](C(=O)OCc1ccccc1)[C@@H](C)c1ccc2c(c1)C(CC1=CNC=C3CC1C3)CCO2. The van der Waals surface area contributed by atoms with Gasteiger partial charge in [0, 0.05) is 0 Å². The molecule has 0 amide bonds. The molecule has 4 aliphatic rings. The molecule has 3 aliphatic heterocycles. The van der Waals surface area contributed by atoms with E-state index in [1.54, 1.807) is 0 Å². The predicted octanol–water partition coefficient (Wildman–Crippen LogP) is 6.21. The largest absolute Gasteiger partial charge is 0.493 e. The maximum Gasteiger partial charge on any atom is 0.309 e. The second kappa shape index (κ2) is 9.46. The van der Waals surface area contributed by atoms with Crippen LogP contribution in [-0.4, -0.2) is 12.6 Å². The van der Waals surface area contributed by atoms with Crippen LogP contribution in [0.25, 0.3) is 0 Å². The van der Waals surface area contributed by atoms with Gasteiger partial charge in [0.25, 0.3) is 0 Å². The van der Waals surface area contributed by atoms with Crippen molar-refractivity contribution in [2.45, 2.75) is 58.0 Å². The van der Waals surface area contributed by atoms with Crippen LogP contribution in [0, 0.1) is 11.8 Å². The predicted molar refractivity (Wildman–Crippen MR) is 130 cm³/mol. The van der Waals surface area contributed by atoms with Crippen LogP contribution >= 0.6 is 0 Å². The van der Waals surface area contributed by atoms with Crippen molar-refractivity contribution in [3.05, 3.63) is 88.8 Å². The van der Waals surface area contributed by atoms with Crippen molar-refractivity contribution in [1.82, 2.24) is 5.32 Å². The Kier molecular flexibility index (Phi) is 6.26. The molecule has 0 aromatic heterocycles. The van der Waals surface area contributed by atoms with Crippen molar-refractivity contribution in [3.8, 4) is 5.75 Å². The van der Waals surface area contributed by atoms with E-state index in [0.717, 1.165) is 30.8 Å². The molecule has 6 rings (SSSR count). The first kappa shape index (κ1) is 21.8. The lowest BCUT2D eigenvalue weighted by molar-refractivity contribution is -0.149. The molecule has 2 aromatic rings. The lowest BCUT2D eigenvalue weighted by Gasteiger charge is -2.33. The summed E-state index contributed by atoms with van der Waals surface area (Å²) >= 11 is 0. The van der Waals surface area contributed by atoms with Crippen molar-refractivity contribution < 1.29 is 14.3 Å².